The molecule has 0 aliphatic heterocycles. The monoisotopic (exact) mass is 206 g/mol. The van der Waals surface area contributed by atoms with Crippen molar-refractivity contribution in [3.05, 3.63) is 25.3 Å². The van der Waals surface area contributed by atoms with Crippen LogP contribution in [0.2, 0.25) is 0 Å². The number of hydrogen-bond donors (Lipinski definition) is 0. The molecule has 0 rings (SSSR count). The lowest BCUT2D eigenvalue weighted by Crippen LogP contribution is -2.27. The molecule has 0 atom stereocenters. The Balaban J connectivity index is 4.15. The van der Waals surface area contributed by atoms with Crippen LogP contribution in [-0.2, 0) is 4.43 Å². The Kier molecular flexibility index (Phi) is 4.09. The molecule has 0 aromatic carbocycles. The molecule has 0 spiro atoms. The fraction of sp³-hybridized carbons (Fsp3) is 0.333. The van der Waals surface area contributed by atoms with Gasteiger partial charge in [-0.2, -0.15) is 0 Å². The summed E-state index contributed by atoms with van der Waals surface area (Å²) in [5.41, 5.74) is -0.327. The Labute approximate surface area is 67.5 Å². The Hall–Kier alpha value is 0.137. The van der Waals surface area contributed by atoms with E-state index in [-0.39, 0.29) is 5.60 Å². The highest BCUT2D eigenvalue weighted by Gasteiger charge is 2.17. The van der Waals surface area contributed by atoms with E-state index in [1.807, 2.05) is 0 Å². The Morgan fingerprint density at radius 3 is 2.00 bits per heavy atom. The first kappa shape index (κ1) is 9.14. The van der Waals surface area contributed by atoms with Gasteiger partial charge in [-0.15, -0.1) is 0 Å². The van der Waals surface area contributed by atoms with Gasteiger partial charge in [0.05, 0.1) is 0 Å². The van der Waals surface area contributed by atoms with Crippen LogP contribution in [-0.4, -0.2) is 21.4 Å². The summed E-state index contributed by atoms with van der Waals surface area (Å²) in [7, 11) is 0.703. The summed E-state index contributed by atoms with van der Waals surface area (Å²) in [4.78, 5) is 0. The van der Waals surface area contributed by atoms with Crippen LogP contribution in [0.15, 0.2) is 25.3 Å². The van der Waals surface area contributed by atoms with Gasteiger partial charge in [-0.25, -0.2) is 0 Å². The first-order chi connectivity index (χ1) is 4.24. The quantitative estimate of drug-likeness (QED) is 0.376. The van der Waals surface area contributed by atoms with Gasteiger partial charge in [0.15, 0.2) is 0 Å². The van der Waals surface area contributed by atoms with Crippen LogP contribution in [0, 0.1) is 0 Å². The van der Waals surface area contributed by atoms with Crippen LogP contribution >= 0.6 is 15.9 Å². The average Bonchev–Trinajstić information content (AvgIpc) is 1.95. The molecule has 0 fully saturated rings. The SMILES string of the molecule is C=CC(C=C)(CBr)O[SiH3]. The molecule has 0 aliphatic rings. The normalized spacial score (nSPS) is 11.2. The summed E-state index contributed by atoms with van der Waals surface area (Å²) in [6.45, 7) is 7.28. The molecule has 0 amide bonds. The molecule has 0 aliphatic carbocycles. The molecule has 9 heavy (non-hydrogen) atoms. The van der Waals surface area contributed by atoms with Crippen molar-refractivity contribution in [1.82, 2.24) is 0 Å². The van der Waals surface area contributed by atoms with Crippen molar-refractivity contribution in [2.24, 2.45) is 0 Å². The lowest BCUT2D eigenvalue weighted by Gasteiger charge is -2.22. The van der Waals surface area contributed by atoms with Crippen molar-refractivity contribution >= 4 is 26.4 Å². The maximum atomic E-state index is 5.24. The number of halogens is 1. The molecule has 0 heterocycles. The van der Waals surface area contributed by atoms with Crippen molar-refractivity contribution in [3.8, 4) is 0 Å². The fourth-order valence-corrected chi connectivity index (χ4v) is 2.00. The number of alkyl halides is 1. The Bertz CT molecular complexity index is 99.6. The highest BCUT2D eigenvalue weighted by molar-refractivity contribution is 9.09. The van der Waals surface area contributed by atoms with Crippen LogP contribution in [0.25, 0.3) is 0 Å². The summed E-state index contributed by atoms with van der Waals surface area (Å²) in [6, 6.07) is 0. The van der Waals surface area contributed by atoms with Gasteiger partial charge < -0.3 is 4.43 Å². The van der Waals surface area contributed by atoms with Gasteiger partial charge in [0.2, 0.25) is 0 Å². The largest absolute Gasteiger partial charge is 0.415 e. The van der Waals surface area contributed by atoms with Crippen LogP contribution in [0.4, 0.5) is 0 Å². The van der Waals surface area contributed by atoms with Crippen molar-refractivity contribution in [3.63, 3.8) is 0 Å². The molecular weight excluding hydrogens is 196 g/mol. The molecule has 0 unspecified atom stereocenters. The maximum Gasteiger partial charge on any atom is 0.147 e. The predicted molar refractivity (Wildman–Crippen MR) is 47.9 cm³/mol. The van der Waals surface area contributed by atoms with E-state index in [0.717, 1.165) is 5.33 Å². The zero-order chi connectivity index (χ0) is 7.33. The van der Waals surface area contributed by atoms with E-state index in [0.29, 0.717) is 10.5 Å². The van der Waals surface area contributed by atoms with E-state index >= 15 is 0 Å². The second kappa shape index (κ2) is 4.03. The zero-order valence-corrected chi connectivity index (χ0v) is 9.15. The molecule has 0 aromatic heterocycles. The standard InChI is InChI=1S/C6H11BrOSi/c1-3-6(4-2,5-7)8-9/h3-4H,1-2,5H2,9H3. The molecule has 0 saturated carbocycles. The molecule has 0 N–H and O–H groups in total. The molecule has 3 heteroatoms. The van der Waals surface area contributed by atoms with Crippen LogP contribution in [0.3, 0.4) is 0 Å². The van der Waals surface area contributed by atoms with Crippen LogP contribution < -0.4 is 0 Å². The molecule has 52 valence electrons. The van der Waals surface area contributed by atoms with Crippen LogP contribution in [0.1, 0.15) is 0 Å². The minimum absolute atomic E-state index is 0.327. The summed E-state index contributed by atoms with van der Waals surface area (Å²) >= 11 is 3.31. The lowest BCUT2D eigenvalue weighted by atomic mass is 10.1. The van der Waals surface area contributed by atoms with Crippen LogP contribution in [0.5, 0.6) is 0 Å². The van der Waals surface area contributed by atoms with Gasteiger partial charge in [0, 0.05) is 5.33 Å². The third-order valence-electron chi connectivity index (χ3n) is 1.28. The van der Waals surface area contributed by atoms with Gasteiger partial charge >= 0.3 is 0 Å². The van der Waals surface area contributed by atoms with Gasteiger partial charge in [0.25, 0.3) is 0 Å². The zero-order valence-electron chi connectivity index (χ0n) is 5.56. The molecule has 0 bridgehead atoms. The Morgan fingerprint density at radius 1 is 1.56 bits per heavy atom. The fourth-order valence-electron chi connectivity index (χ4n) is 0.414. The molecule has 1 nitrogen and oxygen atoms in total. The third kappa shape index (κ3) is 2.08. The van der Waals surface area contributed by atoms with E-state index < -0.39 is 0 Å². The summed E-state index contributed by atoms with van der Waals surface area (Å²) in [5, 5.41) is 0.733. The summed E-state index contributed by atoms with van der Waals surface area (Å²) in [5.74, 6) is 0. The maximum absolute atomic E-state index is 5.24. The van der Waals surface area contributed by atoms with Gasteiger partial charge in [-0.1, -0.05) is 41.2 Å². The molecular formula is C6H11BrOSi. The highest BCUT2D eigenvalue weighted by Crippen LogP contribution is 2.14. The summed E-state index contributed by atoms with van der Waals surface area (Å²) in [6.07, 6.45) is 3.50. The minimum Gasteiger partial charge on any atom is -0.415 e. The van der Waals surface area contributed by atoms with Gasteiger partial charge in [0.1, 0.15) is 16.1 Å². The van der Waals surface area contributed by atoms with Crippen molar-refractivity contribution < 1.29 is 4.43 Å². The second-order valence-corrected chi connectivity index (χ2v) is 2.67. The number of hydrogen-bond acceptors (Lipinski definition) is 1. The third-order valence-corrected chi connectivity index (χ3v) is 2.92. The first-order valence-corrected chi connectivity index (χ1v) is 4.56. The van der Waals surface area contributed by atoms with E-state index in [4.69, 9.17) is 4.43 Å². The number of rotatable bonds is 4. The van der Waals surface area contributed by atoms with Crippen molar-refractivity contribution in [1.29, 1.82) is 0 Å². The average molecular weight is 207 g/mol. The van der Waals surface area contributed by atoms with E-state index in [1.165, 1.54) is 0 Å². The molecule has 0 radical (unpaired) electrons. The van der Waals surface area contributed by atoms with Crippen molar-refractivity contribution in [2.75, 3.05) is 5.33 Å². The van der Waals surface area contributed by atoms with E-state index in [1.54, 1.807) is 12.2 Å². The highest BCUT2D eigenvalue weighted by atomic mass is 79.9. The Morgan fingerprint density at radius 2 is 2.00 bits per heavy atom. The first-order valence-electron chi connectivity index (χ1n) is 2.63. The summed E-state index contributed by atoms with van der Waals surface area (Å²) < 4.78 is 5.24. The van der Waals surface area contributed by atoms with Crippen molar-refractivity contribution in [2.45, 2.75) is 5.60 Å². The van der Waals surface area contributed by atoms with Gasteiger partial charge in [-0.3, -0.25) is 0 Å². The molecule has 0 aromatic rings. The smallest absolute Gasteiger partial charge is 0.147 e. The topological polar surface area (TPSA) is 9.23 Å². The molecule has 0 saturated heterocycles. The second-order valence-electron chi connectivity index (χ2n) is 1.70. The van der Waals surface area contributed by atoms with Gasteiger partial charge in [-0.05, 0) is 0 Å². The van der Waals surface area contributed by atoms with E-state index in [9.17, 15) is 0 Å². The minimum atomic E-state index is -0.327. The lowest BCUT2D eigenvalue weighted by molar-refractivity contribution is 0.221. The van der Waals surface area contributed by atoms with E-state index in [2.05, 4.69) is 29.1 Å². The predicted octanol–water partition coefficient (Wildman–Crippen LogP) is 0.789.